The van der Waals surface area contributed by atoms with E-state index in [0.717, 1.165) is 19.3 Å². The van der Waals surface area contributed by atoms with Crippen molar-refractivity contribution in [2.75, 3.05) is 7.05 Å². The molecular weight excluding hydrogens is 182 g/mol. The lowest BCUT2D eigenvalue weighted by Crippen LogP contribution is -2.40. The minimum Gasteiger partial charge on any atom is -0.481 e. The molecule has 4 nitrogen and oxygen atoms in total. The summed E-state index contributed by atoms with van der Waals surface area (Å²) in [6.45, 7) is 0. The lowest BCUT2D eigenvalue weighted by Gasteiger charge is -2.32. The Bertz CT molecular complexity index is 227. The summed E-state index contributed by atoms with van der Waals surface area (Å²) in [6, 6.07) is 0.260. The molecule has 1 aliphatic heterocycles. The Hall–Kier alpha value is -1.06. The van der Waals surface area contributed by atoms with Crippen molar-refractivity contribution in [3.63, 3.8) is 0 Å². The predicted molar refractivity (Wildman–Crippen MR) is 51.9 cm³/mol. The van der Waals surface area contributed by atoms with Crippen LogP contribution in [0.3, 0.4) is 0 Å². The second-order valence-corrected chi connectivity index (χ2v) is 3.84. The van der Waals surface area contributed by atoms with Crippen molar-refractivity contribution in [3.8, 4) is 0 Å². The summed E-state index contributed by atoms with van der Waals surface area (Å²) in [7, 11) is 1.81. The van der Waals surface area contributed by atoms with Crippen molar-refractivity contribution in [1.29, 1.82) is 0 Å². The lowest BCUT2D eigenvalue weighted by atomic mass is 9.97. The molecule has 1 N–H and O–H groups in total. The number of hydrogen-bond acceptors (Lipinski definition) is 2. The van der Waals surface area contributed by atoms with Crippen LogP contribution in [0.25, 0.3) is 0 Å². The monoisotopic (exact) mass is 199 g/mol. The second kappa shape index (κ2) is 4.98. The third kappa shape index (κ3) is 3.01. The van der Waals surface area contributed by atoms with Gasteiger partial charge in [-0.05, 0) is 25.7 Å². The van der Waals surface area contributed by atoms with Crippen LogP contribution in [0.15, 0.2) is 0 Å². The fourth-order valence-electron chi connectivity index (χ4n) is 1.89. The molecule has 1 amide bonds. The number of rotatable bonds is 4. The van der Waals surface area contributed by atoms with Gasteiger partial charge in [0.25, 0.3) is 0 Å². The number of carboxylic acid groups (broad SMARTS) is 1. The van der Waals surface area contributed by atoms with E-state index < -0.39 is 5.97 Å². The molecule has 0 spiro atoms. The molecule has 80 valence electrons. The molecule has 1 atom stereocenters. The number of aliphatic carboxylic acids is 1. The summed E-state index contributed by atoms with van der Waals surface area (Å²) >= 11 is 0. The quantitative estimate of drug-likeness (QED) is 0.741. The van der Waals surface area contributed by atoms with E-state index in [1.165, 1.54) is 0 Å². The Kier molecular flexibility index (Phi) is 3.92. The molecular formula is C10H17NO3. The van der Waals surface area contributed by atoms with E-state index in [4.69, 9.17) is 5.11 Å². The number of carbonyl (C=O) groups is 2. The predicted octanol–water partition coefficient (Wildman–Crippen LogP) is 1.25. The standard InChI is InChI=1S/C10H17NO3/c1-11-8(4-2-6-9(11)12)5-3-7-10(13)14/h8H,2-7H2,1H3,(H,13,14). The highest BCUT2D eigenvalue weighted by molar-refractivity contribution is 5.76. The SMILES string of the molecule is CN1C(=O)CCCC1CCCC(=O)O. The molecule has 14 heavy (non-hydrogen) atoms. The van der Waals surface area contributed by atoms with Crippen molar-refractivity contribution in [1.82, 2.24) is 4.90 Å². The minimum absolute atomic E-state index is 0.191. The largest absolute Gasteiger partial charge is 0.481 e. The number of carbonyl (C=O) groups excluding carboxylic acids is 1. The van der Waals surface area contributed by atoms with E-state index in [1.807, 2.05) is 7.05 Å². The smallest absolute Gasteiger partial charge is 0.303 e. The maximum atomic E-state index is 11.3. The average Bonchev–Trinajstić information content (AvgIpc) is 2.12. The van der Waals surface area contributed by atoms with Crippen molar-refractivity contribution in [2.24, 2.45) is 0 Å². The number of piperidine rings is 1. The van der Waals surface area contributed by atoms with E-state index in [9.17, 15) is 9.59 Å². The van der Waals surface area contributed by atoms with Gasteiger partial charge in [-0.15, -0.1) is 0 Å². The van der Waals surface area contributed by atoms with Crippen LogP contribution in [0.1, 0.15) is 38.5 Å². The van der Waals surface area contributed by atoms with Crippen LogP contribution >= 0.6 is 0 Å². The first kappa shape index (κ1) is 11.0. The van der Waals surface area contributed by atoms with Gasteiger partial charge in [0.2, 0.25) is 5.91 Å². The zero-order valence-electron chi connectivity index (χ0n) is 8.53. The molecule has 1 unspecified atom stereocenters. The normalized spacial score (nSPS) is 22.5. The first-order valence-corrected chi connectivity index (χ1v) is 5.08. The molecule has 0 radical (unpaired) electrons. The van der Waals surface area contributed by atoms with E-state index >= 15 is 0 Å². The molecule has 1 fully saturated rings. The third-order valence-electron chi connectivity index (χ3n) is 2.80. The molecule has 1 heterocycles. The number of amides is 1. The highest BCUT2D eigenvalue weighted by atomic mass is 16.4. The zero-order valence-corrected chi connectivity index (χ0v) is 8.53. The number of hydrogen-bond donors (Lipinski definition) is 1. The first-order chi connectivity index (χ1) is 6.61. The van der Waals surface area contributed by atoms with Crippen molar-refractivity contribution < 1.29 is 14.7 Å². The number of nitrogens with zero attached hydrogens (tertiary/aromatic N) is 1. The molecule has 4 heteroatoms. The Morgan fingerprint density at radius 1 is 1.64 bits per heavy atom. The van der Waals surface area contributed by atoms with Crippen molar-refractivity contribution in [2.45, 2.75) is 44.6 Å². The molecule has 0 saturated carbocycles. The van der Waals surface area contributed by atoms with Crippen LogP contribution in [-0.2, 0) is 9.59 Å². The highest BCUT2D eigenvalue weighted by Gasteiger charge is 2.23. The van der Waals surface area contributed by atoms with Gasteiger partial charge >= 0.3 is 5.97 Å². The maximum Gasteiger partial charge on any atom is 0.303 e. The van der Waals surface area contributed by atoms with Crippen LogP contribution in [0.2, 0.25) is 0 Å². The second-order valence-electron chi connectivity index (χ2n) is 3.84. The van der Waals surface area contributed by atoms with Crippen LogP contribution in [0, 0.1) is 0 Å². The fraction of sp³-hybridized carbons (Fsp3) is 0.800. The molecule has 0 aliphatic carbocycles. The van der Waals surface area contributed by atoms with Gasteiger partial charge in [-0.1, -0.05) is 0 Å². The number of carboxylic acids is 1. The molecule has 0 aromatic rings. The maximum absolute atomic E-state index is 11.3. The van der Waals surface area contributed by atoms with E-state index in [0.29, 0.717) is 12.8 Å². The summed E-state index contributed by atoms with van der Waals surface area (Å²) in [5, 5.41) is 8.48. The van der Waals surface area contributed by atoms with E-state index in [1.54, 1.807) is 4.90 Å². The zero-order chi connectivity index (χ0) is 10.6. The molecule has 1 saturated heterocycles. The molecule has 1 rings (SSSR count). The summed E-state index contributed by atoms with van der Waals surface area (Å²) < 4.78 is 0. The van der Waals surface area contributed by atoms with Crippen LogP contribution in [0.5, 0.6) is 0 Å². The molecule has 0 bridgehead atoms. The molecule has 0 aromatic carbocycles. The van der Waals surface area contributed by atoms with Gasteiger partial charge in [0, 0.05) is 25.9 Å². The van der Waals surface area contributed by atoms with Crippen LogP contribution < -0.4 is 0 Å². The van der Waals surface area contributed by atoms with Crippen LogP contribution in [0.4, 0.5) is 0 Å². The number of likely N-dealkylation sites (tertiary alicyclic amines) is 1. The van der Waals surface area contributed by atoms with Gasteiger partial charge in [0.05, 0.1) is 0 Å². The Balaban J connectivity index is 2.29. The summed E-state index contributed by atoms with van der Waals surface area (Å²) in [5.41, 5.74) is 0. The Morgan fingerprint density at radius 2 is 2.36 bits per heavy atom. The Labute approximate surface area is 83.9 Å². The minimum atomic E-state index is -0.755. The van der Waals surface area contributed by atoms with Crippen molar-refractivity contribution >= 4 is 11.9 Å². The topological polar surface area (TPSA) is 57.6 Å². The summed E-state index contributed by atoms with van der Waals surface area (Å²) in [4.78, 5) is 23.4. The van der Waals surface area contributed by atoms with Gasteiger partial charge in [-0.25, -0.2) is 0 Å². The van der Waals surface area contributed by atoms with Crippen molar-refractivity contribution in [3.05, 3.63) is 0 Å². The third-order valence-corrected chi connectivity index (χ3v) is 2.80. The molecule has 1 aliphatic rings. The van der Waals surface area contributed by atoms with Gasteiger partial charge in [-0.3, -0.25) is 9.59 Å². The first-order valence-electron chi connectivity index (χ1n) is 5.08. The van der Waals surface area contributed by atoms with E-state index in [2.05, 4.69) is 0 Å². The summed E-state index contributed by atoms with van der Waals surface area (Å²) in [6.07, 6.45) is 4.29. The average molecular weight is 199 g/mol. The Morgan fingerprint density at radius 3 is 3.00 bits per heavy atom. The highest BCUT2D eigenvalue weighted by Crippen LogP contribution is 2.20. The summed E-state index contributed by atoms with van der Waals surface area (Å²) in [5.74, 6) is -0.564. The van der Waals surface area contributed by atoms with Crippen LogP contribution in [-0.4, -0.2) is 35.0 Å². The molecule has 0 aromatic heterocycles. The van der Waals surface area contributed by atoms with Gasteiger partial charge in [-0.2, -0.15) is 0 Å². The van der Waals surface area contributed by atoms with Gasteiger partial charge in [0.1, 0.15) is 0 Å². The van der Waals surface area contributed by atoms with E-state index in [-0.39, 0.29) is 18.4 Å². The van der Waals surface area contributed by atoms with Gasteiger partial charge < -0.3 is 10.0 Å². The fourth-order valence-corrected chi connectivity index (χ4v) is 1.89. The lowest BCUT2D eigenvalue weighted by molar-refractivity contribution is -0.137. The van der Waals surface area contributed by atoms with Gasteiger partial charge in [0.15, 0.2) is 0 Å².